The Morgan fingerprint density at radius 3 is 1.95 bits per heavy atom. The number of ether oxygens (including phenoxy) is 5. The van der Waals surface area contributed by atoms with E-state index in [4.69, 9.17) is 23.7 Å². The summed E-state index contributed by atoms with van der Waals surface area (Å²) in [5.74, 6) is -3.25. The number of amides is 1. The quantitative estimate of drug-likeness (QED) is 0.246. The van der Waals surface area contributed by atoms with Gasteiger partial charge in [0.15, 0.2) is 28.9 Å². The van der Waals surface area contributed by atoms with Crippen LogP contribution in [0.3, 0.4) is 0 Å². The molecule has 0 aromatic heterocycles. The molecular weight excluding hydrogens is 580 g/mol. The second kappa shape index (κ2) is 14.1. The van der Waals surface area contributed by atoms with E-state index in [1.165, 1.54) is 11.8 Å². The van der Waals surface area contributed by atoms with Crippen LogP contribution in [-0.2, 0) is 47.7 Å². The topological polar surface area (TPSA) is 147 Å². The number of thioether (sulfide) groups is 1. The van der Waals surface area contributed by atoms with Crippen LogP contribution in [0.4, 0.5) is 5.69 Å². The molecule has 2 aliphatic heterocycles. The summed E-state index contributed by atoms with van der Waals surface area (Å²) >= 11 is 0.932. The van der Waals surface area contributed by atoms with Crippen molar-refractivity contribution in [1.82, 2.24) is 0 Å². The van der Waals surface area contributed by atoms with E-state index >= 15 is 0 Å². The average Bonchev–Trinajstić information content (AvgIpc) is 3.25. The molecule has 0 spiro atoms. The molecule has 2 aromatic rings. The fraction of sp³-hybridized carbons (Fsp3) is 0.333. The Balaban J connectivity index is 1.78. The monoisotopic (exact) mass is 610 g/mol. The van der Waals surface area contributed by atoms with Crippen molar-refractivity contribution in [2.75, 3.05) is 11.5 Å². The third kappa shape index (κ3) is 8.08. The Morgan fingerprint density at radius 1 is 0.814 bits per heavy atom. The zero-order valence-corrected chi connectivity index (χ0v) is 24.6. The van der Waals surface area contributed by atoms with Crippen LogP contribution in [0.5, 0.6) is 0 Å². The Bertz CT molecular complexity index is 1430. The van der Waals surface area contributed by atoms with Gasteiger partial charge < -0.3 is 23.7 Å². The minimum absolute atomic E-state index is 0.142. The fourth-order valence-electron chi connectivity index (χ4n) is 4.47. The molecular formula is C30H30N2O10S. The highest BCUT2D eigenvalue weighted by atomic mass is 32.2. The van der Waals surface area contributed by atoms with Crippen LogP contribution in [0.2, 0.25) is 0 Å². The Labute approximate surface area is 252 Å². The van der Waals surface area contributed by atoms with Gasteiger partial charge in [0.25, 0.3) is 5.91 Å². The van der Waals surface area contributed by atoms with Gasteiger partial charge in [0.1, 0.15) is 18.4 Å². The van der Waals surface area contributed by atoms with Gasteiger partial charge in [-0.2, -0.15) is 0 Å². The molecule has 0 saturated carbocycles. The summed E-state index contributed by atoms with van der Waals surface area (Å²) in [6, 6.07) is 17.9. The number of aliphatic imine (C=N–C) groups is 1. The van der Waals surface area contributed by atoms with Gasteiger partial charge in [-0.1, -0.05) is 60.3 Å². The van der Waals surface area contributed by atoms with Gasteiger partial charge in [0.2, 0.25) is 0 Å². The summed E-state index contributed by atoms with van der Waals surface area (Å²) in [5, 5.41) is 0.180. The second-order valence-electron chi connectivity index (χ2n) is 9.50. The van der Waals surface area contributed by atoms with Crippen molar-refractivity contribution in [3.63, 3.8) is 0 Å². The maximum atomic E-state index is 13.7. The van der Waals surface area contributed by atoms with E-state index in [2.05, 4.69) is 4.99 Å². The molecule has 1 saturated heterocycles. The lowest BCUT2D eigenvalue weighted by molar-refractivity contribution is -0.237. The van der Waals surface area contributed by atoms with E-state index in [0.717, 1.165) is 38.1 Å². The van der Waals surface area contributed by atoms with Gasteiger partial charge in [0.05, 0.1) is 5.69 Å². The molecule has 0 radical (unpaired) electrons. The number of carbonyl (C=O) groups excluding carboxylic acids is 5. The summed E-state index contributed by atoms with van der Waals surface area (Å²) in [4.78, 5) is 67.7. The normalized spacial score (nSPS) is 24.2. The number of para-hydroxylation sites is 1. The molecule has 12 nitrogen and oxygen atoms in total. The predicted molar refractivity (Wildman–Crippen MR) is 155 cm³/mol. The summed E-state index contributed by atoms with van der Waals surface area (Å²) in [6.45, 7) is 4.27. The summed E-state index contributed by atoms with van der Waals surface area (Å²) < 4.78 is 27.9. The van der Waals surface area contributed by atoms with Gasteiger partial charge in [0, 0.05) is 27.7 Å². The van der Waals surface area contributed by atoms with E-state index in [9.17, 15) is 24.0 Å². The number of rotatable bonds is 8. The average molecular weight is 611 g/mol. The number of hydrogen-bond acceptors (Lipinski definition) is 12. The number of amidine groups is 1. The molecule has 5 atom stereocenters. The van der Waals surface area contributed by atoms with E-state index < -0.39 is 59.6 Å². The van der Waals surface area contributed by atoms with Gasteiger partial charge in [-0.3, -0.25) is 28.9 Å². The van der Waals surface area contributed by atoms with Gasteiger partial charge in [-0.15, -0.1) is 0 Å². The predicted octanol–water partition coefficient (Wildman–Crippen LogP) is 3.25. The number of anilines is 1. The maximum absolute atomic E-state index is 13.7. The van der Waals surface area contributed by atoms with E-state index in [1.54, 1.807) is 36.4 Å². The van der Waals surface area contributed by atoms with Crippen molar-refractivity contribution >= 4 is 58.5 Å². The van der Waals surface area contributed by atoms with Crippen LogP contribution in [0.25, 0.3) is 6.08 Å². The van der Waals surface area contributed by atoms with Crippen LogP contribution in [0, 0.1) is 0 Å². The molecule has 2 heterocycles. The Kier molecular flexibility index (Phi) is 10.3. The molecule has 226 valence electrons. The summed E-state index contributed by atoms with van der Waals surface area (Å²) in [7, 11) is 0. The maximum Gasteiger partial charge on any atom is 0.303 e. The minimum Gasteiger partial charge on any atom is -0.463 e. The first-order valence-corrected chi connectivity index (χ1v) is 14.1. The van der Waals surface area contributed by atoms with Crippen molar-refractivity contribution in [3.8, 4) is 0 Å². The number of benzene rings is 2. The largest absolute Gasteiger partial charge is 0.463 e. The number of nitrogens with zero attached hydrogens (tertiary/aromatic N) is 2. The zero-order valence-electron chi connectivity index (χ0n) is 23.8. The summed E-state index contributed by atoms with van der Waals surface area (Å²) in [5.41, 5.74) is 0.250. The van der Waals surface area contributed by atoms with E-state index in [0.29, 0.717) is 5.69 Å². The van der Waals surface area contributed by atoms with E-state index in [1.807, 2.05) is 30.3 Å². The lowest BCUT2D eigenvalue weighted by Gasteiger charge is -2.44. The first-order valence-electron chi connectivity index (χ1n) is 13.3. The second-order valence-corrected chi connectivity index (χ2v) is 10.6. The third-order valence-corrected chi connectivity index (χ3v) is 7.21. The standard InChI is InChI=1S/C30H30N2O10S/c1-17(33)38-16-24-25(39-18(2)34)26(40-19(3)35)27(41-20(4)36)29(42-24)43-30-31-23(15-21-11-7-5-8-12-21)28(37)32(30)22-13-9-6-10-14-22/h5-15,24-27,29H,16H2,1-4H3/b23-15+. The zero-order chi connectivity index (χ0) is 31.1. The van der Waals surface area contributed by atoms with Gasteiger partial charge in [-0.05, 0) is 23.8 Å². The number of carbonyl (C=O) groups is 5. The molecule has 0 bridgehead atoms. The molecule has 2 aliphatic rings. The highest BCUT2D eigenvalue weighted by Gasteiger charge is 2.53. The van der Waals surface area contributed by atoms with E-state index in [-0.39, 0.29) is 17.5 Å². The van der Waals surface area contributed by atoms with Crippen molar-refractivity contribution < 1.29 is 47.7 Å². The Morgan fingerprint density at radius 2 is 1.37 bits per heavy atom. The number of hydrogen-bond donors (Lipinski definition) is 0. The first-order chi connectivity index (χ1) is 20.5. The van der Waals surface area contributed by atoms with Crippen LogP contribution in [0.1, 0.15) is 33.3 Å². The molecule has 43 heavy (non-hydrogen) atoms. The SMILES string of the molecule is CC(=O)OCC1OC(SC2=N/C(=C/c3ccccc3)C(=O)N2c2ccccc2)C(OC(C)=O)C(OC(C)=O)C1OC(C)=O. The van der Waals surface area contributed by atoms with Gasteiger partial charge >= 0.3 is 23.9 Å². The lowest BCUT2D eigenvalue weighted by Crippen LogP contribution is -2.61. The first kappa shape index (κ1) is 31.4. The van der Waals surface area contributed by atoms with Crippen LogP contribution < -0.4 is 4.90 Å². The lowest BCUT2D eigenvalue weighted by atomic mass is 9.99. The van der Waals surface area contributed by atoms with Crippen LogP contribution in [0.15, 0.2) is 71.4 Å². The molecule has 1 amide bonds. The minimum atomic E-state index is -1.35. The molecule has 0 aliphatic carbocycles. The summed E-state index contributed by atoms with van der Waals surface area (Å²) in [6.07, 6.45) is -3.46. The van der Waals surface area contributed by atoms with Crippen molar-refractivity contribution in [1.29, 1.82) is 0 Å². The van der Waals surface area contributed by atoms with Crippen molar-refractivity contribution in [3.05, 3.63) is 71.9 Å². The molecule has 2 aromatic carbocycles. The smallest absolute Gasteiger partial charge is 0.303 e. The Hall–Kier alpha value is -4.49. The highest BCUT2D eigenvalue weighted by Crippen LogP contribution is 2.38. The molecule has 13 heteroatoms. The van der Waals surface area contributed by atoms with Crippen LogP contribution >= 0.6 is 11.8 Å². The molecule has 0 N–H and O–H groups in total. The third-order valence-electron chi connectivity index (χ3n) is 6.12. The van der Waals surface area contributed by atoms with Crippen LogP contribution in [-0.4, -0.2) is 71.4 Å². The van der Waals surface area contributed by atoms with Crippen molar-refractivity contribution in [2.45, 2.75) is 57.5 Å². The van der Waals surface area contributed by atoms with Crippen molar-refractivity contribution in [2.24, 2.45) is 4.99 Å². The fourth-order valence-corrected chi connectivity index (χ4v) is 5.67. The number of esters is 4. The van der Waals surface area contributed by atoms with Gasteiger partial charge in [-0.25, -0.2) is 4.99 Å². The highest BCUT2D eigenvalue weighted by molar-refractivity contribution is 8.14. The molecule has 5 unspecified atom stereocenters. The molecule has 1 fully saturated rings. The molecule has 4 rings (SSSR count).